The highest BCUT2D eigenvalue weighted by Gasteiger charge is 2.65. The van der Waals surface area contributed by atoms with Crippen molar-refractivity contribution in [3.05, 3.63) is 0 Å². The Kier molecular flexibility index (Phi) is 42.0. The predicted octanol–water partition coefficient (Wildman–Crippen LogP) is -19.6. The minimum atomic E-state index is -3.33. The number of carbonyl (C=O) groups excluding carboxylic acids is 10. The van der Waals surface area contributed by atoms with Crippen molar-refractivity contribution >= 4 is 71.1 Å². The van der Waals surface area contributed by atoms with Gasteiger partial charge in [0.1, 0.15) is 188 Å². The number of rotatable bonds is 41. The van der Waals surface area contributed by atoms with Gasteiger partial charge in [0.15, 0.2) is 37.6 Å². The van der Waals surface area contributed by atoms with Crippen LogP contribution in [0.25, 0.3) is 0 Å². The molecule has 0 aromatic carbocycles. The summed E-state index contributed by atoms with van der Waals surface area (Å²) >= 11 is 0. The third-order valence-electron chi connectivity index (χ3n) is 23.7. The summed E-state index contributed by atoms with van der Waals surface area (Å²) in [6.45, 7) is 2.92. The Bertz CT molecular complexity index is 4140. The molecule has 8 aliphatic heterocycles. The molecule has 0 unspecified atom stereocenters. The van der Waals surface area contributed by atoms with Crippen molar-refractivity contribution < 1.29 is 251 Å². The largest absolute Gasteiger partial charge is 0.477 e. The quantitative estimate of drug-likeness (QED) is 0.0253. The van der Waals surface area contributed by atoms with E-state index < -0.39 is 424 Å². The van der Waals surface area contributed by atoms with E-state index in [4.69, 9.17) is 71.1 Å². The fourth-order valence-corrected chi connectivity index (χ4v) is 16.8. The normalized spacial score (nSPS) is 39.5. The first-order valence-electron chi connectivity index (χ1n) is 44.0. The van der Waals surface area contributed by atoms with Gasteiger partial charge in [0.25, 0.3) is 11.6 Å². The number of amides is 9. The standard InChI is InChI=1S/C79H129N9O51/c1-23-47(107)53(113)55(115)71(125-23)133-63-45(84-28(6)98)68(127-38(21-93)59(63)131-73-57(117)65(51(111)36(19-91)129-73)137-78(75(121)122)15-32(100)43(82-26(4)96)61(135-78)49(109)34(102)17-89)87-41(105)13-30(81-25(3)95)67(119)80-12-11-40(104)86-31(70(120)139-77(8,9)10)14-42(106)88-69-46(85-29(7)99)64(134-72-56(116)54(114)48(108)24(2)126-72)60(39(22-94)128-69)132-74-58(118)66(52(112)37(20-92)130-74)138-79(76(123)124)16-33(101)44(83-27(5)97)62(136-79)50(110)35(103)18-90/h23-24,30-39,43-66,68-69,71-74,89-94,100-103,107-118H,11-22H2,1-10H3,(H,80,119)(H,81,95)(H,82,96)(H,83,97)(H,84,98)(H,85,99)(H,86,104)(H,87,105)(H,88,106)(H,121,122)(H,123,124)/t23-,24-,30-,31-,32-,33-,34+,35+,36+,37+,38+,39+,43+,44+,45+,46+,47+,48+,49+,50+,51-,52-,53+,54+,55-,56-,57+,58+,59+,60+,61+,62+,63+,64+,65-,66-,68+,69+,71-,72-,73-,74-,78-,79-/m0/s1. The van der Waals surface area contributed by atoms with E-state index in [9.17, 15) is 180 Å². The van der Waals surface area contributed by atoms with Crippen molar-refractivity contribution in [1.82, 2.24) is 47.9 Å². The lowest BCUT2D eigenvalue weighted by molar-refractivity contribution is -0.386. The van der Waals surface area contributed by atoms with E-state index in [0.717, 1.165) is 34.6 Å². The van der Waals surface area contributed by atoms with E-state index in [1.807, 2.05) is 0 Å². The maximum absolute atomic E-state index is 14.6. The molecule has 60 nitrogen and oxygen atoms in total. The molecule has 33 N–H and O–H groups in total. The number of carboxylic acids is 2. The molecule has 0 aromatic heterocycles. The van der Waals surface area contributed by atoms with E-state index >= 15 is 0 Å². The Labute approximate surface area is 789 Å². The zero-order valence-electron chi connectivity index (χ0n) is 76.5. The van der Waals surface area contributed by atoms with Crippen LogP contribution in [-0.2, 0) is 129 Å². The summed E-state index contributed by atoms with van der Waals surface area (Å²) in [6.07, 6.45) is -82.9. The number of carboxylic acid groups (broad SMARTS) is 2. The molecular weight excluding hydrogens is 1890 g/mol. The van der Waals surface area contributed by atoms with Crippen LogP contribution in [0, 0.1) is 0 Å². The summed E-state index contributed by atoms with van der Waals surface area (Å²) in [5.74, 6) is -22.1. The first-order chi connectivity index (χ1) is 64.9. The topological polar surface area (TPSA) is 937 Å². The summed E-state index contributed by atoms with van der Waals surface area (Å²) in [5.41, 5.74) is -1.40. The SMILES string of the molecule is CC(=O)N[C@@H]1[C@@H](O[C@@H]2O[C@@H](C)[C@@H](O)[C@@H](O)[C@@H]2O)[C@H](O[C@@H]2O[C@H](CO)[C@H](O)[C@H](O[C@]3(C(=O)O)C[C@H](O)[C@@H](NC(C)=O)[C@H]([C@H](O)[C@H](O)CO)O3)[C@H]2O)[C@@H](CO)O[C@H]1NC(=O)C[C@H](NC(C)=O)C(=O)NCCC(=O)N[C@@H](CC(=O)N[C@@H]1O[C@H](CO)[C@@H](O[C@@H]2O[C@H](CO)[C@H](O)[C@H](O[C@]3(C(=O)O)C[C@H](O)[C@@H](NC(C)=O)[C@H]([C@H](O)[C@H](O)CO)O3)[C@H]2O)[C@H](O[C@@H]2O[C@@H](C)[C@@H](O)[C@@H](O)[C@@H]2O)[C@H]1NC(C)=O)C(=O)OC(C)(C)C. The minimum Gasteiger partial charge on any atom is -0.477 e. The first kappa shape index (κ1) is 116. The van der Waals surface area contributed by atoms with Gasteiger partial charge in [0.2, 0.25) is 53.2 Å². The second kappa shape index (κ2) is 50.1. The number of aliphatic carboxylic acids is 2. The first-order valence-corrected chi connectivity index (χ1v) is 44.0. The number of hydrogen-bond acceptors (Lipinski definition) is 49. The van der Waals surface area contributed by atoms with E-state index in [1.165, 1.54) is 34.6 Å². The summed E-state index contributed by atoms with van der Waals surface area (Å²) in [5, 5.41) is 285. The van der Waals surface area contributed by atoms with Crippen molar-refractivity contribution in [3.63, 3.8) is 0 Å². The molecule has 9 amide bonds. The van der Waals surface area contributed by atoms with Crippen molar-refractivity contribution in [2.24, 2.45) is 0 Å². The number of aliphatic hydroxyl groups excluding tert-OH is 22. The zero-order chi connectivity index (χ0) is 104. The molecule has 60 heteroatoms. The molecule has 8 heterocycles. The number of aliphatic hydroxyl groups is 22. The minimum absolute atomic E-state index is 0.757. The predicted molar refractivity (Wildman–Crippen MR) is 440 cm³/mol. The highest BCUT2D eigenvalue weighted by atomic mass is 16.8. The molecule has 8 saturated heterocycles. The molecule has 0 radical (unpaired) electrons. The Morgan fingerprint density at radius 3 is 1.06 bits per heavy atom. The van der Waals surface area contributed by atoms with Gasteiger partial charge >= 0.3 is 17.9 Å². The van der Waals surface area contributed by atoms with Gasteiger partial charge in [-0.1, -0.05) is 0 Å². The van der Waals surface area contributed by atoms with Gasteiger partial charge < -0.3 is 241 Å². The van der Waals surface area contributed by atoms with Crippen LogP contribution in [0.4, 0.5) is 0 Å². The lowest BCUT2D eigenvalue weighted by Gasteiger charge is -2.52. The highest BCUT2D eigenvalue weighted by Crippen LogP contribution is 2.43. The zero-order valence-corrected chi connectivity index (χ0v) is 76.5. The molecule has 0 aliphatic carbocycles. The molecule has 8 rings (SSSR count). The Balaban J connectivity index is 1.02. The average Bonchev–Trinajstić information content (AvgIpc) is 0.750. The Morgan fingerprint density at radius 2 is 0.734 bits per heavy atom. The molecule has 796 valence electrons. The monoisotopic (exact) mass is 2020 g/mol. The third-order valence-corrected chi connectivity index (χ3v) is 23.7. The van der Waals surface area contributed by atoms with Crippen LogP contribution in [-0.4, -0.2) is 514 Å². The van der Waals surface area contributed by atoms with Crippen LogP contribution in [0.15, 0.2) is 0 Å². The number of ether oxygens (including phenoxy) is 15. The smallest absolute Gasteiger partial charge is 0.364 e. The summed E-state index contributed by atoms with van der Waals surface area (Å²) < 4.78 is 88.6. The van der Waals surface area contributed by atoms with Gasteiger partial charge in [-0.15, -0.1) is 0 Å². The van der Waals surface area contributed by atoms with Crippen LogP contribution in [0.3, 0.4) is 0 Å². The van der Waals surface area contributed by atoms with Crippen LogP contribution < -0.4 is 47.9 Å². The number of carbonyl (C=O) groups is 12. The maximum atomic E-state index is 14.6. The number of nitrogens with one attached hydrogen (secondary N) is 9. The third kappa shape index (κ3) is 28.7. The molecule has 44 atom stereocenters. The Hall–Kier alpha value is -7.80. The lowest BCUT2D eigenvalue weighted by Crippen LogP contribution is -2.72. The average molecular weight is 2020 g/mol. The van der Waals surface area contributed by atoms with Crippen molar-refractivity contribution in [2.75, 3.05) is 46.2 Å². The molecule has 8 aliphatic rings. The second-order valence-electron chi connectivity index (χ2n) is 35.6. The van der Waals surface area contributed by atoms with Gasteiger partial charge in [-0.2, -0.15) is 0 Å². The van der Waals surface area contributed by atoms with Gasteiger partial charge in [-0.05, 0) is 34.6 Å². The molecule has 0 bridgehead atoms. The molecular formula is C79H129N9O51. The Morgan fingerprint density at radius 1 is 0.388 bits per heavy atom. The molecule has 139 heavy (non-hydrogen) atoms. The lowest BCUT2D eigenvalue weighted by atomic mass is 9.88. The molecule has 0 spiro atoms. The van der Waals surface area contributed by atoms with Gasteiger partial charge in [0.05, 0.1) is 89.0 Å². The van der Waals surface area contributed by atoms with Gasteiger partial charge in [-0.3, -0.25) is 43.2 Å². The van der Waals surface area contributed by atoms with Crippen LogP contribution in [0.1, 0.15) is 101 Å². The van der Waals surface area contributed by atoms with Gasteiger partial charge in [-0.25, -0.2) is 14.4 Å². The van der Waals surface area contributed by atoms with E-state index in [2.05, 4.69) is 47.9 Å². The van der Waals surface area contributed by atoms with Crippen molar-refractivity contribution in [2.45, 2.75) is 376 Å². The fraction of sp³-hybridized carbons (Fsp3) is 0.848. The fourth-order valence-electron chi connectivity index (χ4n) is 16.8. The van der Waals surface area contributed by atoms with E-state index in [0.29, 0.717) is 0 Å². The number of esters is 1. The summed E-state index contributed by atoms with van der Waals surface area (Å²) in [7, 11) is 0. The maximum Gasteiger partial charge on any atom is 0.364 e. The number of hydrogen-bond donors (Lipinski definition) is 33. The van der Waals surface area contributed by atoms with Crippen LogP contribution in [0.2, 0.25) is 0 Å². The van der Waals surface area contributed by atoms with E-state index in [-0.39, 0.29) is 0 Å². The van der Waals surface area contributed by atoms with Crippen LogP contribution in [0.5, 0.6) is 0 Å². The van der Waals surface area contributed by atoms with Crippen molar-refractivity contribution in [3.8, 4) is 0 Å². The molecule has 0 saturated carbocycles. The van der Waals surface area contributed by atoms with Crippen molar-refractivity contribution in [1.29, 1.82) is 0 Å². The van der Waals surface area contributed by atoms with Gasteiger partial charge in [0, 0.05) is 60.4 Å². The second-order valence-corrected chi connectivity index (χ2v) is 35.6. The molecule has 8 fully saturated rings. The highest BCUT2D eigenvalue weighted by molar-refractivity contribution is 5.93. The van der Waals surface area contributed by atoms with E-state index in [1.54, 1.807) is 0 Å². The summed E-state index contributed by atoms with van der Waals surface area (Å²) in [6, 6.07) is -11.5. The van der Waals surface area contributed by atoms with Crippen LogP contribution >= 0.6 is 0 Å². The molecule has 0 aromatic rings. The summed E-state index contributed by atoms with van der Waals surface area (Å²) in [4.78, 5) is 162.